The summed E-state index contributed by atoms with van der Waals surface area (Å²) in [6.07, 6.45) is 8.05. The Labute approximate surface area is 470 Å². The van der Waals surface area contributed by atoms with Crippen LogP contribution in [0.25, 0.3) is 0 Å². The number of methoxy groups -OCH3 is 2. The fourth-order valence-corrected chi connectivity index (χ4v) is 13.1. The van der Waals surface area contributed by atoms with Crippen LogP contribution >= 0.6 is 0 Å². The molecule has 3 heterocycles. The molecule has 2 aromatic rings. The van der Waals surface area contributed by atoms with Crippen molar-refractivity contribution >= 4 is 52.8 Å². The van der Waals surface area contributed by atoms with Crippen LogP contribution in [0.1, 0.15) is 143 Å². The van der Waals surface area contributed by atoms with Crippen molar-refractivity contribution in [2.24, 2.45) is 41.4 Å². The molecular formula is C62H93N7O10. The molecule has 0 radical (unpaired) electrons. The third kappa shape index (κ3) is 16.3. The molecule has 0 aromatic heterocycles. The largest absolute Gasteiger partial charge is 0.379 e. The molecule has 17 nitrogen and oxygen atoms in total. The van der Waals surface area contributed by atoms with Gasteiger partial charge in [-0.15, -0.1) is 0 Å². The highest BCUT2D eigenvalue weighted by Gasteiger charge is 2.49. The van der Waals surface area contributed by atoms with Crippen molar-refractivity contribution in [3.63, 3.8) is 0 Å². The highest BCUT2D eigenvalue weighted by molar-refractivity contribution is 6.03. The van der Waals surface area contributed by atoms with E-state index in [1.54, 1.807) is 45.2 Å². The monoisotopic (exact) mass is 1100 g/mol. The lowest BCUT2D eigenvalue weighted by Crippen LogP contribution is -2.54. The summed E-state index contributed by atoms with van der Waals surface area (Å²) in [6.45, 7) is 13.4. The molecular weight excluding hydrogens is 1000 g/mol. The zero-order chi connectivity index (χ0) is 57.5. The molecule has 436 valence electrons. The minimum Gasteiger partial charge on any atom is -0.379 e. The molecule has 1 unspecified atom stereocenters. The number of rotatable bonds is 31. The summed E-state index contributed by atoms with van der Waals surface area (Å²) < 4.78 is 12.3. The van der Waals surface area contributed by atoms with E-state index in [2.05, 4.69) is 34.7 Å². The van der Waals surface area contributed by atoms with Crippen LogP contribution in [0.3, 0.4) is 0 Å². The van der Waals surface area contributed by atoms with E-state index < -0.39 is 42.0 Å². The highest BCUT2D eigenvalue weighted by atomic mass is 16.5. The van der Waals surface area contributed by atoms with Crippen LogP contribution in [0.2, 0.25) is 0 Å². The number of nitrogens with zero attached hydrogens (tertiary/aromatic N) is 4. The van der Waals surface area contributed by atoms with Gasteiger partial charge in [-0.25, -0.2) is 4.79 Å². The van der Waals surface area contributed by atoms with E-state index in [9.17, 15) is 38.4 Å². The smallest absolute Gasteiger partial charge is 0.315 e. The topological polar surface area (TPSA) is 204 Å². The molecule has 12 atom stereocenters. The number of carbonyl (C=O) groups excluding carboxylic acids is 8. The number of fused-ring (bicyclic) bond motifs is 2. The zero-order valence-corrected chi connectivity index (χ0v) is 49.0. The van der Waals surface area contributed by atoms with Crippen LogP contribution in [0.5, 0.6) is 0 Å². The van der Waals surface area contributed by atoms with Gasteiger partial charge in [-0.2, -0.15) is 0 Å². The molecule has 7 amide bonds. The van der Waals surface area contributed by atoms with Gasteiger partial charge in [-0.3, -0.25) is 43.4 Å². The molecule has 1 saturated carbocycles. The Kier molecular flexibility index (Phi) is 23.6. The second kappa shape index (κ2) is 29.8. The quantitative estimate of drug-likeness (QED) is 0.0490. The number of unbranched alkanes of at least 4 members (excludes halogenated alkanes) is 3. The first-order valence-corrected chi connectivity index (χ1v) is 29.5. The third-order valence-corrected chi connectivity index (χ3v) is 18.0. The summed E-state index contributed by atoms with van der Waals surface area (Å²) in [6, 6.07) is 15.9. The van der Waals surface area contributed by atoms with Gasteiger partial charge in [-0.05, 0) is 99.4 Å². The lowest BCUT2D eigenvalue weighted by atomic mass is 9.83. The standard InChI is InChI=1S/C62H93N7O10/c1-11-40(4)56(67(8)61(76)49(39(2)3)36-52(71)57-45-25-28-48(34-45)66(57)7)53(78-9)37-55(73)68-31-19-22-50(68)58(79-10)42(6)51(70)35-46(33-43-20-15-14-16-21-43)59(74)65-47-26-23-44(24-27-47)38-64-62(77)63-29-17-12-13-18-30-69-54(72)32-41(5)60(69)75/h14-16,20-21,23-24,26-27,39-42,45-46,48-50,53,56-58H,11-13,17-19,22,25,28-38H2,1-10H3,(H,65,74)(H2,63,64,77)/t40-,41?,42-,45-,46+,48+,49-,50-,53+,56-,57-,58+/m0/s1. The van der Waals surface area contributed by atoms with E-state index in [1.807, 2.05) is 75.2 Å². The van der Waals surface area contributed by atoms with Gasteiger partial charge in [0.1, 0.15) is 5.78 Å². The molecule has 0 spiro atoms. The normalized spacial score (nSPS) is 22.8. The number of ether oxygens (including phenoxy) is 2. The molecule has 17 heteroatoms. The van der Waals surface area contributed by atoms with E-state index in [0.29, 0.717) is 56.5 Å². The van der Waals surface area contributed by atoms with Crippen molar-refractivity contribution in [2.75, 3.05) is 53.3 Å². The highest BCUT2D eigenvalue weighted by Crippen LogP contribution is 2.43. The first-order chi connectivity index (χ1) is 37.8. The maximum atomic E-state index is 14.6. The zero-order valence-electron chi connectivity index (χ0n) is 49.0. The average Bonchev–Trinajstić information content (AvgIpc) is 4.34. The summed E-state index contributed by atoms with van der Waals surface area (Å²) in [5.74, 6) is -2.59. The molecule has 3 aliphatic heterocycles. The van der Waals surface area contributed by atoms with E-state index in [0.717, 1.165) is 68.9 Å². The number of benzene rings is 2. The number of likely N-dealkylation sites (N-methyl/N-ethyl adjacent to an activating group) is 2. The van der Waals surface area contributed by atoms with Crippen LogP contribution in [0, 0.1) is 41.4 Å². The Morgan fingerprint density at radius 1 is 0.823 bits per heavy atom. The van der Waals surface area contributed by atoms with Crippen LogP contribution in [0.4, 0.5) is 10.5 Å². The third-order valence-electron chi connectivity index (χ3n) is 18.0. The van der Waals surface area contributed by atoms with Crippen molar-refractivity contribution in [2.45, 2.75) is 181 Å². The number of ketones is 2. The van der Waals surface area contributed by atoms with Crippen molar-refractivity contribution < 1.29 is 47.8 Å². The maximum Gasteiger partial charge on any atom is 0.315 e. The molecule has 6 rings (SSSR count). The van der Waals surface area contributed by atoms with Gasteiger partial charge < -0.3 is 35.2 Å². The Bertz CT molecular complexity index is 2380. The number of hydrogen-bond donors (Lipinski definition) is 3. The Morgan fingerprint density at radius 3 is 2.15 bits per heavy atom. The lowest BCUT2D eigenvalue weighted by molar-refractivity contribution is -0.149. The number of Topliss-reactive ketones (excluding diaryl/α,β-unsaturated/α-hetero) is 2. The summed E-state index contributed by atoms with van der Waals surface area (Å²) in [5.41, 5.74) is 2.29. The number of carbonyl (C=O) groups is 8. The van der Waals surface area contributed by atoms with E-state index in [1.165, 1.54) is 4.90 Å². The first-order valence-electron chi connectivity index (χ1n) is 29.5. The van der Waals surface area contributed by atoms with Gasteiger partial charge in [0.15, 0.2) is 5.78 Å². The Morgan fingerprint density at radius 2 is 1.53 bits per heavy atom. The number of hydrogen-bond acceptors (Lipinski definition) is 11. The summed E-state index contributed by atoms with van der Waals surface area (Å²) in [5, 5.41) is 8.76. The van der Waals surface area contributed by atoms with E-state index >= 15 is 0 Å². The molecule has 2 bridgehead atoms. The predicted octanol–water partition coefficient (Wildman–Crippen LogP) is 7.83. The van der Waals surface area contributed by atoms with Crippen molar-refractivity contribution in [3.8, 4) is 0 Å². The molecule has 1 aliphatic carbocycles. The number of nitrogens with one attached hydrogen (secondary N) is 3. The Balaban J connectivity index is 1.02. The number of urea groups is 1. The van der Waals surface area contributed by atoms with Gasteiger partial charge in [0.25, 0.3) is 0 Å². The lowest BCUT2D eigenvalue weighted by Gasteiger charge is -2.41. The summed E-state index contributed by atoms with van der Waals surface area (Å²) in [7, 11) is 6.99. The minimum atomic E-state index is -0.712. The second-order valence-electron chi connectivity index (χ2n) is 23.7. The molecule has 3 saturated heterocycles. The van der Waals surface area contributed by atoms with Gasteiger partial charge in [0.2, 0.25) is 29.5 Å². The van der Waals surface area contributed by atoms with Crippen molar-refractivity contribution in [1.82, 2.24) is 30.2 Å². The summed E-state index contributed by atoms with van der Waals surface area (Å²) in [4.78, 5) is 116. The SMILES string of the molecule is CC[C@H](C)[C@@H]([C@@H](CC(=O)N1CCC[C@H]1[C@H](OC)[C@@H](C)C(=O)C[C@@H](Cc1ccccc1)C(=O)Nc1ccc(CNC(=O)NCCCCCCN2C(=O)CC(C)C2=O)cc1)OC)N(C)C(=O)[C@@H](CC(=O)[C@@H]1[C@H]2CC[C@H](C2)N1C)C(C)C. The number of amides is 7. The number of anilines is 1. The van der Waals surface area contributed by atoms with Gasteiger partial charge in [-0.1, -0.05) is 103 Å². The van der Waals surface area contributed by atoms with Gasteiger partial charge in [0.05, 0.1) is 36.8 Å². The van der Waals surface area contributed by atoms with E-state index in [4.69, 9.17) is 9.47 Å². The average molecular weight is 1100 g/mol. The van der Waals surface area contributed by atoms with E-state index in [-0.39, 0.29) is 96.7 Å². The molecule has 4 aliphatic rings. The number of likely N-dealkylation sites (tertiary alicyclic amines) is 3. The fraction of sp³-hybridized carbons (Fsp3) is 0.677. The van der Waals surface area contributed by atoms with Gasteiger partial charge >= 0.3 is 6.03 Å². The molecule has 3 N–H and O–H groups in total. The fourth-order valence-electron chi connectivity index (χ4n) is 13.1. The van der Waals surface area contributed by atoms with Crippen LogP contribution in [-0.2, 0) is 56.0 Å². The minimum absolute atomic E-state index is 0.0179. The molecule has 2 aromatic carbocycles. The Hall–Kier alpha value is -5.52. The first kappa shape index (κ1) is 62.7. The number of imide groups is 1. The van der Waals surface area contributed by atoms with Crippen molar-refractivity contribution in [3.05, 3.63) is 65.7 Å². The predicted molar refractivity (Wildman–Crippen MR) is 304 cm³/mol. The van der Waals surface area contributed by atoms with Gasteiger partial charge in [0, 0.05) is 102 Å². The van der Waals surface area contributed by atoms with Crippen LogP contribution < -0.4 is 16.0 Å². The van der Waals surface area contributed by atoms with Crippen molar-refractivity contribution in [1.29, 1.82) is 0 Å². The molecule has 79 heavy (non-hydrogen) atoms. The summed E-state index contributed by atoms with van der Waals surface area (Å²) >= 11 is 0. The second-order valence-corrected chi connectivity index (χ2v) is 23.7. The molecule has 4 fully saturated rings. The number of piperidine rings is 1. The maximum absolute atomic E-state index is 14.6. The van der Waals surface area contributed by atoms with Crippen LogP contribution in [0.15, 0.2) is 54.6 Å². The van der Waals surface area contributed by atoms with Crippen LogP contribution in [-0.4, -0.2) is 151 Å².